The third-order valence-corrected chi connectivity index (χ3v) is 5.81. The normalized spacial score (nSPS) is 26.3. The van der Waals surface area contributed by atoms with Gasteiger partial charge in [-0.2, -0.15) is 4.31 Å². The molecule has 0 bridgehead atoms. The van der Waals surface area contributed by atoms with E-state index in [0.29, 0.717) is 18.0 Å². The van der Waals surface area contributed by atoms with E-state index in [4.69, 9.17) is 0 Å². The summed E-state index contributed by atoms with van der Waals surface area (Å²) in [5.74, 6) is 0. The van der Waals surface area contributed by atoms with Crippen LogP contribution in [0.25, 0.3) is 0 Å². The quantitative estimate of drug-likeness (QED) is 0.867. The molecule has 0 spiro atoms. The van der Waals surface area contributed by atoms with Crippen molar-refractivity contribution in [3.05, 3.63) is 41.5 Å². The van der Waals surface area contributed by atoms with Crippen molar-refractivity contribution in [2.24, 2.45) is 5.41 Å². The van der Waals surface area contributed by atoms with Crippen molar-refractivity contribution < 1.29 is 13.5 Å². The second kappa shape index (κ2) is 5.31. The van der Waals surface area contributed by atoms with E-state index < -0.39 is 15.4 Å². The highest BCUT2D eigenvalue weighted by Gasteiger charge is 2.42. The van der Waals surface area contributed by atoms with Gasteiger partial charge in [-0.05, 0) is 31.6 Å². The molecule has 20 heavy (non-hydrogen) atoms. The molecule has 1 unspecified atom stereocenters. The molecule has 0 saturated carbocycles. The van der Waals surface area contributed by atoms with Gasteiger partial charge in [-0.25, -0.2) is 8.42 Å². The topological polar surface area (TPSA) is 57.6 Å². The highest BCUT2D eigenvalue weighted by atomic mass is 32.2. The van der Waals surface area contributed by atoms with Gasteiger partial charge in [0.05, 0.1) is 11.5 Å². The maximum absolute atomic E-state index is 12.6. The summed E-state index contributed by atoms with van der Waals surface area (Å²) < 4.78 is 26.7. The van der Waals surface area contributed by atoms with Crippen LogP contribution < -0.4 is 0 Å². The van der Waals surface area contributed by atoms with Crippen molar-refractivity contribution in [2.45, 2.75) is 25.7 Å². The number of hydrogen-bond acceptors (Lipinski definition) is 3. The van der Waals surface area contributed by atoms with Crippen LogP contribution >= 0.6 is 0 Å². The zero-order valence-corrected chi connectivity index (χ0v) is 12.9. The molecular weight excluding hydrogens is 274 g/mol. The van der Waals surface area contributed by atoms with Crippen molar-refractivity contribution in [1.82, 2.24) is 4.31 Å². The molecule has 0 aliphatic carbocycles. The highest BCUT2D eigenvalue weighted by Crippen LogP contribution is 2.37. The summed E-state index contributed by atoms with van der Waals surface area (Å²) in [5.41, 5.74) is 1.52. The van der Waals surface area contributed by atoms with Gasteiger partial charge in [0.2, 0.25) is 10.0 Å². The molecular formula is C15H21NO3S. The van der Waals surface area contributed by atoms with Crippen LogP contribution in [0.15, 0.2) is 40.8 Å². The zero-order chi connectivity index (χ0) is 15.0. The third kappa shape index (κ3) is 2.53. The average Bonchev–Trinajstić information content (AvgIpc) is 2.78. The van der Waals surface area contributed by atoms with Crippen molar-refractivity contribution in [1.29, 1.82) is 0 Å². The first-order chi connectivity index (χ1) is 9.33. The smallest absolute Gasteiger partial charge is 0.243 e. The number of aliphatic hydroxyl groups excluding tert-OH is 1. The Labute approximate surface area is 120 Å². The van der Waals surface area contributed by atoms with Gasteiger partial charge in [-0.3, -0.25) is 0 Å². The number of nitrogens with zero attached hydrogens (tertiary/aromatic N) is 1. The number of aliphatic hydroxyl groups is 1. The Morgan fingerprint density at radius 1 is 1.35 bits per heavy atom. The van der Waals surface area contributed by atoms with E-state index in [1.54, 1.807) is 24.3 Å². The fourth-order valence-electron chi connectivity index (χ4n) is 2.55. The minimum Gasteiger partial charge on any atom is -0.395 e. The van der Waals surface area contributed by atoms with Crippen LogP contribution in [0, 0.1) is 12.3 Å². The van der Waals surface area contributed by atoms with Crippen LogP contribution in [0.3, 0.4) is 0 Å². The summed E-state index contributed by atoms with van der Waals surface area (Å²) >= 11 is 0. The van der Waals surface area contributed by atoms with Gasteiger partial charge in [-0.15, -0.1) is 0 Å². The summed E-state index contributed by atoms with van der Waals surface area (Å²) in [5, 5.41) is 9.55. The molecule has 2 rings (SSSR count). The minimum atomic E-state index is -3.50. The van der Waals surface area contributed by atoms with E-state index in [2.05, 4.69) is 0 Å². The van der Waals surface area contributed by atoms with Gasteiger partial charge in [0.25, 0.3) is 0 Å². The van der Waals surface area contributed by atoms with Crippen LogP contribution in [0.1, 0.15) is 19.4 Å². The average molecular weight is 295 g/mol. The van der Waals surface area contributed by atoms with Crippen molar-refractivity contribution in [3.8, 4) is 0 Å². The number of benzene rings is 1. The highest BCUT2D eigenvalue weighted by molar-refractivity contribution is 7.89. The van der Waals surface area contributed by atoms with Gasteiger partial charge in [0.1, 0.15) is 0 Å². The molecule has 0 amide bonds. The van der Waals surface area contributed by atoms with Gasteiger partial charge >= 0.3 is 0 Å². The van der Waals surface area contributed by atoms with E-state index >= 15 is 0 Å². The largest absolute Gasteiger partial charge is 0.395 e. The number of rotatable bonds is 3. The number of allylic oxidation sites excluding steroid dienone is 1. The Morgan fingerprint density at radius 3 is 2.40 bits per heavy atom. The summed E-state index contributed by atoms with van der Waals surface area (Å²) in [6, 6.07) is 6.86. The molecule has 1 aliphatic rings. The lowest BCUT2D eigenvalue weighted by Crippen LogP contribution is -2.32. The lowest BCUT2D eigenvalue weighted by Gasteiger charge is -2.22. The minimum absolute atomic E-state index is 0.0490. The summed E-state index contributed by atoms with van der Waals surface area (Å²) in [4.78, 5) is 0.306. The number of sulfonamides is 1. The van der Waals surface area contributed by atoms with Crippen molar-refractivity contribution in [2.75, 3.05) is 19.7 Å². The van der Waals surface area contributed by atoms with E-state index in [1.807, 2.05) is 26.8 Å². The summed E-state index contributed by atoms with van der Waals surface area (Å²) in [6.45, 7) is 6.32. The molecule has 1 saturated heterocycles. The molecule has 1 N–H and O–H groups in total. The van der Waals surface area contributed by atoms with Crippen LogP contribution in [0.2, 0.25) is 0 Å². The Hall–Kier alpha value is -1.17. The molecule has 1 aromatic rings. The number of aryl methyl sites for hydroxylation is 1. The van der Waals surface area contributed by atoms with Gasteiger partial charge in [0, 0.05) is 18.5 Å². The van der Waals surface area contributed by atoms with Gasteiger partial charge in [0.15, 0.2) is 0 Å². The maximum Gasteiger partial charge on any atom is 0.243 e. The van der Waals surface area contributed by atoms with E-state index in [-0.39, 0.29) is 6.61 Å². The van der Waals surface area contributed by atoms with Crippen molar-refractivity contribution in [3.63, 3.8) is 0 Å². The van der Waals surface area contributed by atoms with Crippen molar-refractivity contribution >= 4 is 10.0 Å². The molecule has 1 atom stereocenters. The standard InChI is InChI=1S/C15H21NO3S/c1-4-13-9-16(10-15(13,3)11-17)20(18,19)14-7-5-12(2)6-8-14/h4-8,17H,9-11H2,1-3H3/b13-4+. The van der Waals surface area contributed by atoms with E-state index in [0.717, 1.165) is 11.1 Å². The van der Waals surface area contributed by atoms with E-state index in [9.17, 15) is 13.5 Å². The lowest BCUT2D eigenvalue weighted by atomic mass is 9.86. The number of hydrogen-bond donors (Lipinski definition) is 1. The predicted molar refractivity (Wildman–Crippen MR) is 78.9 cm³/mol. The Bertz CT molecular complexity index is 619. The van der Waals surface area contributed by atoms with Gasteiger partial charge < -0.3 is 5.11 Å². The molecule has 0 radical (unpaired) electrons. The Kier molecular flexibility index (Phi) is 4.04. The Balaban J connectivity index is 2.35. The van der Waals surface area contributed by atoms with Crippen LogP contribution in [-0.4, -0.2) is 37.5 Å². The fraction of sp³-hybridized carbons (Fsp3) is 0.467. The molecule has 1 fully saturated rings. The predicted octanol–water partition coefficient (Wildman–Crippen LogP) is 1.94. The maximum atomic E-state index is 12.6. The first-order valence-electron chi connectivity index (χ1n) is 6.67. The zero-order valence-electron chi connectivity index (χ0n) is 12.1. The first-order valence-corrected chi connectivity index (χ1v) is 8.11. The molecule has 1 aromatic carbocycles. The third-order valence-electron chi connectivity index (χ3n) is 4.00. The summed E-state index contributed by atoms with van der Waals surface area (Å²) in [7, 11) is -3.50. The second-order valence-corrected chi connectivity index (χ2v) is 7.56. The molecule has 4 nitrogen and oxygen atoms in total. The molecule has 110 valence electrons. The second-order valence-electron chi connectivity index (χ2n) is 5.62. The molecule has 5 heteroatoms. The molecule has 0 aromatic heterocycles. The fourth-order valence-corrected chi connectivity index (χ4v) is 4.09. The lowest BCUT2D eigenvalue weighted by molar-refractivity contribution is 0.180. The first kappa shape index (κ1) is 15.2. The van der Waals surface area contributed by atoms with Gasteiger partial charge in [-0.1, -0.05) is 30.7 Å². The monoisotopic (exact) mass is 295 g/mol. The van der Waals surface area contributed by atoms with Crippen LogP contribution in [0.4, 0.5) is 0 Å². The molecule has 1 aliphatic heterocycles. The molecule has 1 heterocycles. The van der Waals surface area contributed by atoms with Crippen LogP contribution in [0.5, 0.6) is 0 Å². The SMILES string of the molecule is C/C=C1\CN(S(=O)(=O)c2ccc(C)cc2)CC1(C)CO. The van der Waals surface area contributed by atoms with Crippen LogP contribution in [-0.2, 0) is 10.0 Å². The Morgan fingerprint density at radius 2 is 1.95 bits per heavy atom. The van der Waals surface area contributed by atoms with E-state index in [1.165, 1.54) is 4.31 Å². The summed E-state index contributed by atoms with van der Waals surface area (Å²) in [6.07, 6.45) is 1.90.